The summed E-state index contributed by atoms with van der Waals surface area (Å²) in [6.45, 7) is 4.33. The van der Waals surface area contributed by atoms with Gasteiger partial charge in [0.25, 0.3) is 0 Å². The molecule has 1 aromatic heterocycles. The molecule has 0 bridgehead atoms. The van der Waals surface area contributed by atoms with E-state index in [2.05, 4.69) is 10.1 Å². The fraction of sp³-hybridized carbons (Fsp3) is 0.360. The van der Waals surface area contributed by atoms with Gasteiger partial charge >= 0.3 is 5.63 Å². The fourth-order valence-electron chi connectivity index (χ4n) is 4.66. The third-order valence-corrected chi connectivity index (χ3v) is 6.29. The second kappa shape index (κ2) is 9.35. The van der Waals surface area contributed by atoms with Crippen molar-refractivity contribution < 1.29 is 14.7 Å². The molecule has 1 saturated heterocycles. The van der Waals surface area contributed by atoms with E-state index in [1.165, 1.54) is 6.42 Å². The number of benzene rings is 2. The zero-order chi connectivity index (χ0) is 21.8. The van der Waals surface area contributed by atoms with Gasteiger partial charge in [-0.05, 0) is 50.6 Å². The Bertz CT molecular complexity index is 1120. The second-order valence-electron chi connectivity index (χ2n) is 8.25. The highest BCUT2D eigenvalue weighted by Gasteiger charge is 2.35. The average molecular weight is 421 g/mol. The number of fused-ring (bicyclic) bond motifs is 1. The Morgan fingerprint density at radius 2 is 1.74 bits per heavy atom. The molecule has 162 valence electrons. The molecule has 0 radical (unpaired) electrons. The van der Waals surface area contributed by atoms with Crippen molar-refractivity contribution in [2.45, 2.75) is 32.1 Å². The van der Waals surface area contributed by atoms with Crippen molar-refractivity contribution in [2.75, 3.05) is 19.6 Å². The topological polar surface area (TPSA) is 86.3 Å². The lowest BCUT2D eigenvalue weighted by Crippen LogP contribution is -2.39. The Hall–Kier alpha value is -3.12. The summed E-state index contributed by atoms with van der Waals surface area (Å²) in [4.78, 5) is 15.5. The van der Waals surface area contributed by atoms with E-state index in [1.54, 1.807) is 31.2 Å². The molecule has 1 aliphatic heterocycles. The second-order valence-corrected chi connectivity index (χ2v) is 8.25. The van der Waals surface area contributed by atoms with E-state index in [0.717, 1.165) is 31.5 Å². The van der Waals surface area contributed by atoms with Gasteiger partial charge < -0.3 is 19.6 Å². The number of rotatable bonds is 6. The van der Waals surface area contributed by atoms with Crippen LogP contribution in [0.4, 0.5) is 0 Å². The zero-order valence-corrected chi connectivity index (χ0v) is 17.7. The van der Waals surface area contributed by atoms with Gasteiger partial charge in [0, 0.05) is 18.4 Å². The first-order valence-electron chi connectivity index (χ1n) is 10.8. The molecule has 0 saturated carbocycles. The molecule has 0 amide bonds. The van der Waals surface area contributed by atoms with Gasteiger partial charge in [0.05, 0.1) is 16.7 Å². The van der Waals surface area contributed by atoms with Crippen LogP contribution in [0.2, 0.25) is 0 Å². The molecule has 2 heterocycles. The molecule has 0 spiro atoms. The summed E-state index contributed by atoms with van der Waals surface area (Å²) in [5, 5.41) is 24.9. The normalized spacial score (nSPS) is 17.5. The molecule has 2 N–H and O–H groups in total. The summed E-state index contributed by atoms with van der Waals surface area (Å²) in [6, 6.07) is 16.6. The van der Waals surface area contributed by atoms with Crippen LogP contribution in [0.5, 0.6) is 5.75 Å². The lowest BCUT2D eigenvalue weighted by molar-refractivity contribution is 0.204. The van der Waals surface area contributed by atoms with E-state index in [0.29, 0.717) is 23.2 Å². The smallest absolute Gasteiger partial charge is 0.343 e. The Labute approximate surface area is 181 Å². The van der Waals surface area contributed by atoms with E-state index in [1.807, 2.05) is 30.3 Å². The van der Waals surface area contributed by atoms with Gasteiger partial charge in [-0.2, -0.15) is 0 Å². The number of oxime groups is 1. The standard InChI is InChI=1S/C25H28N2O4/c1-17(26-30)20(16-27-14-8-3-9-15-27)22(18-10-4-2-5-11-18)23-24(28)19-12-6-7-13-21(19)31-25(23)29/h2,4-7,10-13,20,22,28,30H,3,8-9,14-16H2,1H3/b26-17+/t20-,22+/m0/s1. The molecule has 1 fully saturated rings. The summed E-state index contributed by atoms with van der Waals surface area (Å²) in [5.74, 6) is -0.893. The van der Waals surface area contributed by atoms with Crippen molar-refractivity contribution >= 4 is 16.7 Å². The molecular weight excluding hydrogens is 392 g/mol. The van der Waals surface area contributed by atoms with E-state index in [4.69, 9.17) is 4.42 Å². The van der Waals surface area contributed by atoms with Crippen LogP contribution in [0.3, 0.4) is 0 Å². The van der Waals surface area contributed by atoms with Gasteiger partial charge in [0.15, 0.2) is 0 Å². The van der Waals surface area contributed by atoms with Crippen molar-refractivity contribution in [3.8, 4) is 5.75 Å². The molecule has 2 atom stereocenters. The minimum absolute atomic E-state index is 0.0740. The molecule has 0 unspecified atom stereocenters. The Morgan fingerprint density at radius 1 is 1.06 bits per heavy atom. The van der Waals surface area contributed by atoms with E-state index in [9.17, 15) is 15.1 Å². The summed E-state index contributed by atoms with van der Waals surface area (Å²) >= 11 is 0. The first-order valence-corrected chi connectivity index (χ1v) is 10.8. The molecule has 4 rings (SSSR count). The maximum atomic E-state index is 13.1. The quantitative estimate of drug-likeness (QED) is 0.264. The van der Waals surface area contributed by atoms with E-state index in [-0.39, 0.29) is 17.2 Å². The Balaban J connectivity index is 1.90. The van der Waals surface area contributed by atoms with Crippen LogP contribution in [0.25, 0.3) is 11.0 Å². The maximum absolute atomic E-state index is 13.1. The molecule has 31 heavy (non-hydrogen) atoms. The van der Waals surface area contributed by atoms with E-state index < -0.39 is 11.5 Å². The number of para-hydroxylation sites is 1. The molecule has 0 aliphatic carbocycles. The molecule has 1 aliphatic rings. The SMILES string of the molecule is C/C(=N\O)[C@H](CN1CCCCC1)[C@@H](c1ccccc1)c1c(O)c2ccccc2oc1=O. The van der Waals surface area contributed by atoms with Gasteiger partial charge in [-0.3, -0.25) is 0 Å². The third kappa shape index (κ3) is 4.35. The summed E-state index contributed by atoms with van der Waals surface area (Å²) in [5.41, 5.74) is 1.37. The Kier molecular flexibility index (Phi) is 6.37. The van der Waals surface area contributed by atoms with Gasteiger partial charge in [-0.15, -0.1) is 0 Å². The van der Waals surface area contributed by atoms with Gasteiger partial charge in [0.2, 0.25) is 0 Å². The van der Waals surface area contributed by atoms with Crippen LogP contribution in [-0.2, 0) is 0 Å². The van der Waals surface area contributed by atoms with Crippen molar-refractivity contribution in [3.63, 3.8) is 0 Å². The predicted molar refractivity (Wildman–Crippen MR) is 121 cm³/mol. The Morgan fingerprint density at radius 3 is 2.45 bits per heavy atom. The van der Waals surface area contributed by atoms with Crippen molar-refractivity contribution in [3.05, 3.63) is 76.1 Å². The summed E-state index contributed by atoms with van der Waals surface area (Å²) in [7, 11) is 0. The molecule has 2 aromatic carbocycles. The van der Waals surface area contributed by atoms with E-state index >= 15 is 0 Å². The number of aromatic hydroxyl groups is 1. The number of hydrogen-bond donors (Lipinski definition) is 2. The highest BCUT2D eigenvalue weighted by Crippen LogP contribution is 2.39. The molecule has 6 nitrogen and oxygen atoms in total. The zero-order valence-electron chi connectivity index (χ0n) is 17.7. The van der Waals surface area contributed by atoms with Crippen molar-refractivity contribution in [1.29, 1.82) is 0 Å². The fourth-order valence-corrected chi connectivity index (χ4v) is 4.66. The average Bonchev–Trinajstić information content (AvgIpc) is 2.81. The number of hydrogen-bond acceptors (Lipinski definition) is 6. The lowest BCUT2D eigenvalue weighted by atomic mass is 9.78. The van der Waals surface area contributed by atoms with Crippen LogP contribution in [0.1, 0.15) is 43.2 Å². The number of nitrogens with zero attached hydrogens (tertiary/aromatic N) is 2. The van der Waals surface area contributed by atoms with Crippen LogP contribution in [0.15, 0.2) is 69.0 Å². The third-order valence-electron chi connectivity index (χ3n) is 6.29. The number of likely N-dealkylation sites (tertiary alicyclic amines) is 1. The monoisotopic (exact) mass is 420 g/mol. The first-order chi connectivity index (χ1) is 15.1. The minimum atomic E-state index is -0.570. The highest BCUT2D eigenvalue weighted by molar-refractivity contribution is 5.87. The highest BCUT2D eigenvalue weighted by atomic mass is 16.4. The largest absolute Gasteiger partial charge is 0.507 e. The molecule has 6 heteroatoms. The first kappa shape index (κ1) is 21.1. The van der Waals surface area contributed by atoms with Gasteiger partial charge in [-0.1, -0.05) is 54.0 Å². The van der Waals surface area contributed by atoms with Crippen LogP contribution in [-0.4, -0.2) is 40.6 Å². The minimum Gasteiger partial charge on any atom is -0.507 e. The van der Waals surface area contributed by atoms with Crippen LogP contribution in [0, 0.1) is 5.92 Å². The van der Waals surface area contributed by atoms with Gasteiger partial charge in [-0.25, -0.2) is 4.79 Å². The van der Waals surface area contributed by atoms with Crippen molar-refractivity contribution in [1.82, 2.24) is 4.90 Å². The maximum Gasteiger partial charge on any atom is 0.343 e. The van der Waals surface area contributed by atoms with Crippen LogP contribution < -0.4 is 5.63 Å². The van der Waals surface area contributed by atoms with Gasteiger partial charge in [0.1, 0.15) is 11.3 Å². The predicted octanol–water partition coefficient (Wildman–Crippen LogP) is 4.58. The molecular formula is C25H28N2O4. The summed E-state index contributed by atoms with van der Waals surface area (Å²) in [6.07, 6.45) is 3.47. The van der Waals surface area contributed by atoms with Crippen molar-refractivity contribution in [2.24, 2.45) is 11.1 Å². The number of piperidine rings is 1. The molecule has 3 aromatic rings. The summed E-state index contributed by atoms with van der Waals surface area (Å²) < 4.78 is 5.60. The lowest BCUT2D eigenvalue weighted by Gasteiger charge is -2.34. The van der Waals surface area contributed by atoms with Crippen LogP contribution >= 0.6 is 0 Å².